The number of aromatic nitrogens is 1. The first-order valence-electron chi connectivity index (χ1n) is 10.6. The summed E-state index contributed by atoms with van der Waals surface area (Å²) in [5, 5.41) is 0. The summed E-state index contributed by atoms with van der Waals surface area (Å²) in [6.45, 7) is 4.39. The first-order valence-corrected chi connectivity index (χ1v) is 10.6. The number of halogens is 5. The number of pyridine rings is 1. The standard InChI is InChI=1S/C24H23F5N4O2/c1-16-4-5-17(13-31-10-3-9-30-2)19(12-16)22(34)33-11-8-23(25,26)20(33)15-35-21-7-6-18(14-32-21)24(27,28)29/h3-7,9-10,12,14,20H,2,8,11,13,15H2,1H3/b9-3-,31-10-. The van der Waals surface area contributed by atoms with E-state index in [1.807, 2.05) is 0 Å². The van der Waals surface area contributed by atoms with Crippen LogP contribution in [0.4, 0.5) is 22.0 Å². The van der Waals surface area contributed by atoms with Gasteiger partial charge in [0.15, 0.2) is 0 Å². The average molecular weight is 494 g/mol. The number of nitrogens with zero attached hydrogens (tertiary/aromatic N) is 4. The smallest absolute Gasteiger partial charge is 0.417 e. The van der Waals surface area contributed by atoms with Crippen LogP contribution < -0.4 is 4.74 Å². The molecule has 0 saturated carbocycles. The molecule has 11 heteroatoms. The van der Waals surface area contributed by atoms with Crippen LogP contribution in [-0.4, -0.2) is 53.8 Å². The van der Waals surface area contributed by atoms with E-state index in [0.29, 0.717) is 11.8 Å². The van der Waals surface area contributed by atoms with Gasteiger partial charge >= 0.3 is 6.18 Å². The summed E-state index contributed by atoms with van der Waals surface area (Å²) in [4.78, 5) is 25.6. The number of amides is 1. The summed E-state index contributed by atoms with van der Waals surface area (Å²) in [5.74, 6) is -4.10. The molecular weight excluding hydrogens is 471 g/mol. The van der Waals surface area contributed by atoms with E-state index in [1.165, 1.54) is 12.4 Å². The van der Waals surface area contributed by atoms with Gasteiger partial charge in [0.2, 0.25) is 5.88 Å². The van der Waals surface area contributed by atoms with Crippen molar-refractivity contribution in [2.45, 2.75) is 38.0 Å². The molecule has 0 spiro atoms. The fourth-order valence-electron chi connectivity index (χ4n) is 3.57. The molecule has 1 fully saturated rings. The second-order valence-corrected chi connectivity index (χ2v) is 7.89. The second kappa shape index (κ2) is 10.7. The molecule has 1 aliphatic rings. The maximum absolute atomic E-state index is 14.7. The van der Waals surface area contributed by atoms with Gasteiger partial charge in [0.05, 0.1) is 12.1 Å². The summed E-state index contributed by atoms with van der Waals surface area (Å²) in [6.07, 6.45) is -0.0988. The Hall–Kier alpha value is -3.63. The number of carbonyl (C=O) groups excluding carboxylic acids is 1. The Bertz CT molecular complexity index is 1110. The number of allylic oxidation sites excluding steroid dienone is 1. The number of rotatable bonds is 8. The van der Waals surface area contributed by atoms with Gasteiger partial charge in [-0.1, -0.05) is 17.7 Å². The minimum absolute atomic E-state index is 0.143. The molecule has 1 unspecified atom stereocenters. The van der Waals surface area contributed by atoms with Crippen molar-refractivity contribution in [3.63, 3.8) is 0 Å². The molecule has 0 N–H and O–H groups in total. The normalized spacial score (nSPS) is 17.9. The van der Waals surface area contributed by atoms with E-state index in [-0.39, 0.29) is 24.5 Å². The highest BCUT2D eigenvalue weighted by Gasteiger charge is 2.51. The molecule has 1 aliphatic heterocycles. The predicted molar refractivity (Wildman–Crippen MR) is 121 cm³/mol. The zero-order chi connectivity index (χ0) is 25.6. The van der Waals surface area contributed by atoms with Crippen molar-refractivity contribution in [2.24, 2.45) is 9.98 Å². The molecule has 1 aromatic carbocycles. The Labute approximate surface area is 198 Å². The molecular formula is C24H23F5N4O2. The van der Waals surface area contributed by atoms with Gasteiger partial charge in [0, 0.05) is 43.2 Å². The first-order chi connectivity index (χ1) is 16.5. The number of hydrogen-bond donors (Lipinski definition) is 0. The van der Waals surface area contributed by atoms with Gasteiger partial charge in [-0.3, -0.25) is 14.8 Å². The minimum Gasteiger partial charge on any atom is -0.475 e. The highest BCUT2D eigenvalue weighted by atomic mass is 19.4. The lowest BCUT2D eigenvalue weighted by Crippen LogP contribution is -2.46. The van der Waals surface area contributed by atoms with Crippen molar-refractivity contribution in [2.75, 3.05) is 13.2 Å². The van der Waals surface area contributed by atoms with Gasteiger partial charge in [0.25, 0.3) is 11.8 Å². The van der Waals surface area contributed by atoms with Crippen LogP contribution in [0.25, 0.3) is 0 Å². The van der Waals surface area contributed by atoms with E-state index < -0.39 is 42.6 Å². The number of likely N-dealkylation sites (tertiary alicyclic amines) is 1. The van der Waals surface area contributed by atoms with Crippen LogP contribution in [0.1, 0.15) is 33.5 Å². The Kier molecular flexibility index (Phi) is 7.98. The molecule has 2 heterocycles. The molecule has 0 bridgehead atoms. The fourth-order valence-corrected chi connectivity index (χ4v) is 3.57. The van der Waals surface area contributed by atoms with Crippen LogP contribution in [-0.2, 0) is 12.7 Å². The molecule has 1 saturated heterocycles. The lowest BCUT2D eigenvalue weighted by Gasteiger charge is -2.28. The number of aryl methyl sites for hydroxylation is 1. The lowest BCUT2D eigenvalue weighted by molar-refractivity contribution is -0.137. The van der Waals surface area contributed by atoms with Crippen LogP contribution in [0, 0.1) is 6.92 Å². The van der Waals surface area contributed by atoms with Crippen LogP contribution in [0.2, 0.25) is 0 Å². The number of alkyl halides is 5. The van der Waals surface area contributed by atoms with Gasteiger partial charge in [-0.2, -0.15) is 13.2 Å². The van der Waals surface area contributed by atoms with Crippen molar-refractivity contribution < 1.29 is 31.5 Å². The molecule has 1 atom stereocenters. The number of hydrogen-bond acceptors (Lipinski definition) is 5. The fraction of sp³-hybridized carbons (Fsp3) is 0.333. The quantitative estimate of drug-likeness (QED) is 0.378. The van der Waals surface area contributed by atoms with E-state index >= 15 is 0 Å². The Morgan fingerprint density at radius 2 is 2.09 bits per heavy atom. The second-order valence-electron chi connectivity index (χ2n) is 7.89. The molecule has 186 valence electrons. The molecule has 35 heavy (non-hydrogen) atoms. The highest BCUT2D eigenvalue weighted by Crippen LogP contribution is 2.36. The van der Waals surface area contributed by atoms with Gasteiger partial charge in [0.1, 0.15) is 12.6 Å². The molecule has 1 aromatic heterocycles. The van der Waals surface area contributed by atoms with E-state index in [1.54, 1.807) is 31.2 Å². The summed E-state index contributed by atoms with van der Waals surface area (Å²) < 4.78 is 72.7. The third kappa shape index (κ3) is 6.49. The van der Waals surface area contributed by atoms with Crippen molar-refractivity contribution in [3.8, 4) is 5.88 Å². The van der Waals surface area contributed by atoms with E-state index in [4.69, 9.17) is 4.74 Å². The monoisotopic (exact) mass is 494 g/mol. The summed E-state index contributed by atoms with van der Waals surface area (Å²) in [6, 6.07) is 5.20. The van der Waals surface area contributed by atoms with Gasteiger partial charge < -0.3 is 9.64 Å². The Balaban J connectivity index is 1.78. The van der Waals surface area contributed by atoms with Gasteiger partial charge in [-0.05, 0) is 37.4 Å². The van der Waals surface area contributed by atoms with E-state index in [2.05, 4.69) is 21.7 Å². The average Bonchev–Trinajstić information content (AvgIpc) is 3.11. The van der Waals surface area contributed by atoms with E-state index in [9.17, 15) is 26.7 Å². The van der Waals surface area contributed by atoms with Crippen molar-refractivity contribution in [3.05, 3.63) is 71.1 Å². The number of carbonyl (C=O) groups is 1. The topological polar surface area (TPSA) is 67.2 Å². The van der Waals surface area contributed by atoms with Crippen LogP contribution in [0.15, 0.2) is 58.8 Å². The first kappa shape index (κ1) is 26.0. The predicted octanol–water partition coefficient (Wildman–Crippen LogP) is 5.12. The summed E-state index contributed by atoms with van der Waals surface area (Å²) in [5.41, 5.74) is 0.572. The number of aliphatic imine (C=N–C) groups is 2. The molecule has 3 rings (SSSR count). The van der Waals surface area contributed by atoms with Crippen molar-refractivity contribution in [1.82, 2.24) is 9.88 Å². The molecule has 6 nitrogen and oxygen atoms in total. The lowest BCUT2D eigenvalue weighted by atomic mass is 10.0. The molecule has 2 aromatic rings. The van der Waals surface area contributed by atoms with Crippen LogP contribution in [0.5, 0.6) is 5.88 Å². The third-order valence-corrected chi connectivity index (χ3v) is 5.40. The largest absolute Gasteiger partial charge is 0.475 e. The van der Waals surface area contributed by atoms with Crippen molar-refractivity contribution >= 4 is 18.8 Å². The van der Waals surface area contributed by atoms with Gasteiger partial charge in [-0.25, -0.2) is 13.8 Å². The van der Waals surface area contributed by atoms with Crippen molar-refractivity contribution in [1.29, 1.82) is 0 Å². The number of benzene rings is 1. The summed E-state index contributed by atoms with van der Waals surface area (Å²) in [7, 11) is 0. The molecule has 0 aliphatic carbocycles. The van der Waals surface area contributed by atoms with Crippen LogP contribution in [0.3, 0.4) is 0 Å². The zero-order valence-electron chi connectivity index (χ0n) is 18.8. The summed E-state index contributed by atoms with van der Waals surface area (Å²) >= 11 is 0. The maximum Gasteiger partial charge on any atom is 0.417 e. The molecule has 0 radical (unpaired) electrons. The molecule has 1 amide bonds. The maximum atomic E-state index is 14.7. The van der Waals surface area contributed by atoms with Crippen LogP contribution >= 0.6 is 0 Å². The minimum atomic E-state index is -4.58. The highest BCUT2D eigenvalue weighted by molar-refractivity contribution is 5.96. The van der Waals surface area contributed by atoms with E-state index in [0.717, 1.165) is 22.6 Å². The zero-order valence-corrected chi connectivity index (χ0v) is 18.8. The third-order valence-electron chi connectivity index (χ3n) is 5.40. The number of ether oxygens (including phenoxy) is 1. The Morgan fingerprint density at radius 3 is 2.74 bits per heavy atom. The Morgan fingerprint density at radius 1 is 1.31 bits per heavy atom. The SMILES string of the molecule is C=N/C=C\C=N/Cc1ccc(C)cc1C(=O)N1CCC(F)(F)C1COc1ccc(C(F)(F)F)cn1. The van der Waals surface area contributed by atoms with Gasteiger partial charge in [-0.15, -0.1) is 0 Å².